The van der Waals surface area contributed by atoms with Crippen LogP contribution in [0.25, 0.3) is 5.69 Å². The van der Waals surface area contributed by atoms with Crippen molar-refractivity contribution in [1.29, 1.82) is 0 Å². The highest BCUT2D eigenvalue weighted by Gasteiger charge is 2.05. The molecule has 0 saturated carbocycles. The molecule has 3 aromatic rings. The van der Waals surface area contributed by atoms with Gasteiger partial charge in [0.1, 0.15) is 12.1 Å². The summed E-state index contributed by atoms with van der Waals surface area (Å²) in [7, 11) is 0. The third-order valence-corrected chi connectivity index (χ3v) is 3.77. The van der Waals surface area contributed by atoms with Crippen molar-refractivity contribution in [2.75, 3.05) is 6.61 Å². The molecule has 0 aliphatic carbocycles. The van der Waals surface area contributed by atoms with Gasteiger partial charge in [-0.15, -0.1) is 5.10 Å². The number of unbranched alkanes of at least 4 members (excludes halogenated alkanes) is 1. The lowest BCUT2D eigenvalue weighted by molar-refractivity contribution is 0.0955. The first-order valence-electron chi connectivity index (χ1n) is 8.66. The summed E-state index contributed by atoms with van der Waals surface area (Å²) in [4.78, 5) is 12.1. The first-order chi connectivity index (χ1) is 13.3. The third-order valence-electron chi connectivity index (χ3n) is 3.77. The molecule has 1 heterocycles. The minimum atomic E-state index is -0.297. The van der Waals surface area contributed by atoms with Gasteiger partial charge in [0.25, 0.3) is 5.91 Å². The fourth-order valence-corrected chi connectivity index (χ4v) is 2.26. The van der Waals surface area contributed by atoms with E-state index in [0.29, 0.717) is 12.2 Å². The molecule has 0 unspecified atom stereocenters. The second-order valence-corrected chi connectivity index (χ2v) is 5.77. The van der Waals surface area contributed by atoms with Crippen molar-refractivity contribution in [3.05, 3.63) is 66.0 Å². The molecule has 0 aliphatic rings. The van der Waals surface area contributed by atoms with Crippen molar-refractivity contribution >= 4 is 12.1 Å². The molecule has 0 aliphatic heterocycles. The van der Waals surface area contributed by atoms with Crippen LogP contribution in [0.1, 0.15) is 35.7 Å². The van der Waals surface area contributed by atoms with Crippen LogP contribution in [0.4, 0.5) is 0 Å². The smallest absolute Gasteiger partial charge is 0.271 e. The highest BCUT2D eigenvalue weighted by molar-refractivity contribution is 5.95. The summed E-state index contributed by atoms with van der Waals surface area (Å²) in [5.74, 6) is 0.529. The number of amides is 1. The molecule has 27 heavy (non-hydrogen) atoms. The maximum Gasteiger partial charge on any atom is 0.271 e. The maximum absolute atomic E-state index is 12.1. The van der Waals surface area contributed by atoms with E-state index in [1.807, 2.05) is 24.3 Å². The number of hydrogen-bond acceptors (Lipinski definition) is 6. The number of hydrazone groups is 1. The average molecular weight is 364 g/mol. The molecule has 8 heteroatoms. The van der Waals surface area contributed by atoms with Crippen LogP contribution < -0.4 is 10.2 Å². The SMILES string of the molecule is CCCCOc1ccc(/C=N/NC(=O)c2ccc(-n3cnnn3)cc2)cc1. The minimum absolute atomic E-state index is 0.297. The van der Waals surface area contributed by atoms with E-state index in [1.165, 1.54) is 11.0 Å². The molecule has 0 saturated heterocycles. The molecule has 8 nitrogen and oxygen atoms in total. The average Bonchev–Trinajstić information content (AvgIpc) is 3.24. The van der Waals surface area contributed by atoms with Crippen LogP contribution >= 0.6 is 0 Å². The number of carbonyl (C=O) groups is 1. The van der Waals surface area contributed by atoms with E-state index in [0.717, 1.165) is 29.8 Å². The summed E-state index contributed by atoms with van der Waals surface area (Å²) in [6, 6.07) is 14.4. The molecule has 2 aromatic carbocycles. The largest absolute Gasteiger partial charge is 0.494 e. The zero-order valence-corrected chi connectivity index (χ0v) is 14.9. The lowest BCUT2D eigenvalue weighted by Gasteiger charge is -2.05. The second-order valence-electron chi connectivity index (χ2n) is 5.77. The van der Waals surface area contributed by atoms with Gasteiger partial charge < -0.3 is 4.74 Å². The Balaban J connectivity index is 1.52. The molecule has 1 N–H and O–H groups in total. The molecular formula is C19H20N6O2. The lowest BCUT2D eigenvalue weighted by Crippen LogP contribution is -2.17. The van der Waals surface area contributed by atoms with Crippen molar-refractivity contribution in [2.45, 2.75) is 19.8 Å². The van der Waals surface area contributed by atoms with Crippen LogP contribution in [0.3, 0.4) is 0 Å². The number of nitrogens with one attached hydrogen (secondary N) is 1. The van der Waals surface area contributed by atoms with Crippen molar-refractivity contribution in [2.24, 2.45) is 5.10 Å². The van der Waals surface area contributed by atoms with Crippen molar-refractivity contribution in [3.63, 3.8) is 0 Å². The number of carbonyl (C=O) groups excluding carboxylic acids is 1. The predicted octanol–water partition coefficient (Wildman–Crippen LogP) is 2.61. The Bertz CT molecular complexity index is 874. The standard InChI is InChI=1S/C19H20N6O2/c1-2-3-12-27-18-10-4-15(5-11-18)13-20-22-19(26)16-6-8-17(9-7-16)25-14-21-23-24-25/h4-11,13-14H,2-3,12H2,1H3,(H,22,26)/b20-13+. The van der Waals surface area contributed by atoms with Gasteiger partial charge in [-0.1, -0.05) is 13.3 Å². The summed E-state index contributed by atoms with van der Waals surface area (Å²) in [6.45, 7) is 2.84. The zero-order valence-electron chi connectivity index (χ0n) is 14.9. The van der Waals surface area contributed by atoms with E-state index < -0.39 is 0 Å². The van der Waals surface area contributed by atoms with Crippen molar-refractivity contribution in [1.82, 2.24) is 25.6 Å². The normalized spacial score (nSPS) is 10.9. The van der Waals surface area contributed by atoms with Crippen LogP contribution in [0.5, 0.6) is 5.75 Å². The molecule has 1 aromatic heterocycles. The lowest BCUT2D eigenvalue weighted by atomic mass is 10.2. The fourth-order valence-electron chi connectivity index (χ4n) is 2.26. The number of tetrazole rings is 1. The summed E-state index contributed by atoms with van der Waals surface area (Å²) in [5, 5.41) is 14.9. The van der Waals surface area contributed by atoms with Gasteiger partial charge in [-0.2, -0.15) is 5.10 Å². The van der Waals surface area contributed by atoms with E-state index in [-0.39, 0.29) is 5.91 Å². The first kappa shape index (κ1) is 18.2. The van der Waals surface area contributed by atoms with Gasteiger partial charge in [-0.05, 0) is 70.9 Å². The fraction of sp³-hybridized carbons (Fsp3) is 0.211. The minimum Gasteiger partial charge on any atom is -0.494 e. The monoisotopic (exact) mass is 364 g/mol. The Morgan fingerprint density at radius 3 is 2.63 bits per heavy atom. The Kier molecular flexibility index (Phi) is 6.24. The van der Waals surface area contributed by atoms with Crippen LogP contribution in [0, 0.1) is 0 Å². The van der Waals surface area contributed by atoms with Gasteiger partial charge in [-0.25, -0.2) is 10.1 Å². The van der Waals surface area contributed by atoms with E-state index in [2.05, 4.69) is 33.0 Å². The molecule has 0 bridgehead atoms. The van der Waals surface area contributed by atoms with E-state index in [9.17, 15) is 4.79 Å². The molecular weight excluding hydrogens is 344 g/mol. The van der Waals surface area contributed by atoms with Gasteiger partial charge >= 0.3 is 0 Å². The summed E-state index contributed by atoms with van der Waals surface area (Å²) < 4.78 is 7.12. The van der Waals surface area contributed by atoms with Gasteiger partial charge in [-0.3, -0.25) is 4.79 Å². The molecule has 0 spiro atoms. The summed E-state index contributed by atoms with van der Waals surface area (Å²) in [6.07, 6.45) is 5.21. The topological polar surface area (TPSA) is 94.3 Å². The Hall–Kier alpha value is -3.55. The van der Waals surface area contributed by atoms with Crippen molar-refractivity contribution in [3.8, 4) is 11.4 Å². The van der Waals surface area contributed by atoms with Gasteiger partial charge in [0.15, 0.2) is 0 Å². The molecule has 1 amide bonds. The Labute approximate surface area is 156 Å². The van der Waals surface area contributed by atoms with E-state index in [4.69, 9.17) is 4.74 Å². The van der Waals surface area contributed by atoms with Gasteiger partial charge in [0.05, 0.1) is 18.5 Å². The van der Waals surface area contributed by atoms with Crippen molar-refractivity contribution < 1.29 is 9.53 Å². The van der Waals surface area contributed by atoms with Crippen LogP contribution in [0.15, 0.2) is 60.0 Å². The van der Waals surface area contributed by atoms with Crippen LogP contribution in [-0.2, 0) is 0 Å². The highest BCUT2D eigenvalue weighted by atomic mass is 16.5. The number of nitrogens with zero attached hydrogens (tertiary/aromatic N) is 5. The molecule has 0 atom stereocenters. The van der Waals surface area contributed by atoms with E-state index in [1.54, 1.807) is 30.5 Å². The highest BCUT2D eigenvalue weighted by Crippen LogP contribution is 2.12. The first-order valence-corrected chi connectivity index (χ1v) is 8.66. The van der Waals surface area contributed by atoms with Crippen LogP contribution in [-0.4, -0.2) is 38.9 Å². The summed E-state index contributed by atoms with van der Waals surface area (Å²) in [5.41, 5.74) is 4.63. The predicted molar refractivity (Wildman–Crippen MR) is 101 cm³/mol. The summed E-state index contributed by atoms with van der Waals surface area (Å²) >= 11 is 0. The van der Waals surface area contributed by atoms with Crippen LogP contribution in [0.2, 0.25) is 0 Å². The number of hydrogen-bond donors (Lipinski definition) is 1. The number of ether oxygens (including phenoxy) is 1. The maximum atomic E-state index is 12.1. The van der Waals surface area contributed by atoms with Gasteiger partial charge in [0.2, 0.25) is 0 Å². The third kappa shape index (κ3) is 5.21. The zero-order chi connectivity index (χ0) is 18.9. The Morgan fingerprint density at radius 2 is 1.96 bits per heavy atom. The second kappa shape index (κ2) is 9.23. The number of rotatable bonds is 8. The van der Waals surface area contributed by atoms with Gasteiger partial charge in [0, 0.05) is 5.56 Å². The molecule has 138 valence electrons. The number of benzene rings is 2. The Morgan fingerprint density at radius 1 is 1.19 bits per heavy atom. The molecule has 0 radical (unpaired) electrons. The van der Waals surface area contributed by atoms with E-state index >= 15 is 0 Å². The molecule has 3 rings (SSSR count). The molecule has 0 fully saturated rings. The number of aromatic nitrogens is 4. The quantitative estimate of drug-likeness (QED) is 0.377.